The van der Waals surface area contributed by atoms with Gasteiger partial charge in [-0.3, -0.25) is 4.79 Å². The van der Waals surface area contributed by atoms with Crippen molar-refractivity contribution in [3.8, 4) is 11.8 Å². The van der Waals surface area contributed by atoms with Crippen LogP contribution in [0.3, 0.4) is 0 Å². The molecule has 3 N–H and O–H groups in total. The predicted octanol–water partition coefficient (Wildman–Crippen LogP) is 2.57. The van der Waals surface area contributed by atoms with E-state index in [4.69, 9.17) is 5.73 Å². The first-order valence-corrected chi connectivity index (χ1v) is 8.27. The maximum Gasteiger partial charge on any atom is 0.219 e. The maximum absolute atomic E-state index is 11.6. The molecule has 0 aliphatic rings. The fraction of sp³-hybridized carbons (Fsp3) is 0.389. The lowest BCUT2D eigenvalue weighted by molar-refractivity contribution is -0.121. The molecule has 1 amide bonds. The molecule has 24 heavy (non-hydrogen) atoms. The summed E-state index contributed by atoms with van der Waals surface area (Å²) in [6.45, 7) is 2.63. The predicted molar refractivity (Wildman–Crippen MR) is 93.5 cm³/mol. The Bertz CT molecular complexity index is 715. The number of para-hydroxylation sites is 1. The highest BCUT2D eigenvalue weighted by atomic mass is 16.1. The van der Waals surface area contributed by atoms with Crippen molar-refractivity contribution in [2.45, 2.75) is 39.0 Å². The van der Waals surface area contributed by atoms with Crippen molar-refractivity contribution in [3.63, 3.8) is 0 Å². The van der Waals surface area contributed by atoms with Gasteiger partial charge in [-0.05, 0) is 31.4 Å². The van der Waals surface area contributed by atoms with Gasteiger partial charge in [0.05, 0.1) is 11.4 Å². The molecule has 0 atom stereocenters. The molecule has 1 heterocycles. The number of nitrogen functional groups attached to an aromatic ring is 1. The summed E-state index contributed by atoms with van der Waals surface area (Å²) in [5.74, 6) is 0.428. The van der Waals surface area contributed by atoms with Gasteiger partial charge in [-0.25, -0.2) is 4.68 Å². The Labute approximate surface area is 142 Å². The number of nitrogens with one attached hydrogen (secondary N) is 1. The minimum absolute atomic E-state index is 0.0756. The molecule has 0 bridgehead atoms. The van der Waals surface area contributed by atoms with Gasteiger partial charge in [-0.15, -0.1) is 0 Å². The van der Waals surface area contributed by atoms with Crippen molar-refractivity contribution in [1.29, 1.82) is 5.26 Å². The summed E-state index contributed by atoms with van der Waals surface area (Å²) in [5, 5.41) is 16.7. The normalized spacial score (nSPS) is 10.3. The van der Waals surface area contributed by atoms with Crippen LogP contribution in [-0.2, 0) is 11.2 Å². The molecule has 2 rings (SSSR count). The van der Waals surface area contributed by atoms with E-state index in [0.29, 0.717) is 36.5 Å². The van der Waals surface area contributed by atoms with Crippen LogP contribution in [0.25, 0.3) is 5.69 Å². The van der Waals surface area contributed by atoms with Crippen molar-refractivity contribution in [1.82, 2.24) is 15.1 Å². The zero-order chi connectivity index (χ0) is 17.4. The Kier molecular flexibility index (Phi) is 6.38. The standard InChI is InChI=1S/C18H23N5O/c1-2-3-11-17(24)21-12-7-10-16-15(13-19)18(20)23(22-16)14-8-5-4-6-9-14/h4-6,8-9H,2-3,7,10-12,20H2,1H3,(H,21,24). The number of benzene rings is 1. The van der Waals surface area contributed by atoms with Crippen LogP contribution < -0.4 is 11.1 Å². The van der Waals surface area contributed by atoms with Gasteiger partial charge >= 0.3 is 0 Å². The van der Waals surface area contributed by atoms with E-state index in [1.807, 2.05) is 30.3 Å². The third-order valence-electron chi connectivity index (χ3n) is 3.78. The van der Waals surface area contributed by atoms with Gasteiger partial charge in [0.1, 0.15) is 17.5 Å². The molecule has 0 aliphatic heterocycles. The molecule has 0 unspecified atom stereocenters. The van der Waals surface area contributed by atoms with E-state index in [2.05, 4.69) is 23.4 Å². The van der Waals surface area contributed by atoms with Crippen LogP contribution in [0.2, 0.25) is 0 Å². The highest BCUT2D eigenvalue weighted by Crippen LogP contribution is 2.21. The summed E-state index contributed by atoms with van der Waals surface area (Å²) >= 11 is 0. The summed E-state index contributed by atoms with van der Waals surface area (Å²) in [5.41, 5.74) is 7.97. The molecule has 2 aromatic rings. The van der Waals surface area contributed by atoms with E-state index < -0.39 is 0 Å². The number of hydrogen-bond acceptors (Lipinski definition) is 4. The fourth-order valence-electron chi connectivity index (χ4n) is 2.45. The maximum atomic E-state index is 11.6. The molecular weight excluding hydrogens is 302 g/mol. The Morgan fingerprint density at radius 1 is 1.33 bits per heavy atom. The number of rotatable bonds is 8. The largest absolute Gasteiger partial charge is 0.382 e. The topological polar surface area (TPSA) is 96.7 Å². The molecule has 6 nitrogen and oxygen atoms in total. The third-order valence-corrected chi connectivity index (χ3v) is 3.78. The summed E-state index contributed by atoms with van der Waals surface area (Å²) in [6.07, 6.45) is 3.80. The Morgan fingerprint density at radius 2 is 2.08 bits per heavy atom. The molecule has 126 valence electrons. The number of hydrogen-bond donors (Lipinski definition) is 2. The van der Waals surface area contributed by atoms with Crippen LogP contribution in [0.4, 0.5) is 5.82 Å². The van der Waals surface area contributed by atoms with E-state index in [1.54, 1.807) is 4.68 Å². The molecule has 0 fully saturated rings. The molecule has 0 spiro atoms. The average Bonchev–Trinajstić information content (AvgIpc) is 2.93. The highest BCUT2D eigenvalue weighted by molar-refractivity contribution is 5.75. The van der Waals surface area contributed by atoms with Crippen LogP contribution in [0, 0.1) is 11.3 Å². The van der Waals surface area contributed by atoms with Gasteiger partial charge in [0, 0.05) is 13.0 Å². The summed E-state index contributed by atoms with van der Waals surface area (Å²) in [4.78, 5) is 11.6. The van der Waals surface area contributed by atoms with Gasteiger partial charge in [-0.1, -0.05) is 31.5 Å². The lowest BCUT2D eigenvalue weighted by Gasteiger charge is -2.04. The number of aromatic nitrogens is 2. The molecule has 0 aliphatic carbocycles. The lowest BCUT2D eigenvalue weighted by atomic mass is 10.1. The number of carbonyl (C=O) groups excluding carboxylic acids is 1. The van der Waals surface area contributed by atoms with E-state index in [1.165, 1.54) is 0 Å². The van der Waals surface area contributed by atoms with E-state index in [0.717, 1.165) is 24.9 Å². The number of unbranched alkanes of at least 4 members (excludes halogenated alkanes) is 1. The number of carbonyl (C=O) groups is 1. The fourth-order valence-corrected chi connectivity index (χ4v) is 2.45. The number of aryl methyl sites for hydroxylation is 1. The molecule has 0 saturated heterocycles. The third kappa shape index (κ3) is 4.35. The van der Waals surface area contributed by atoms with E-state index in [-0.39, 0.29) is 5.91 Å². The first kappa shape index (κ1) is 17.5. The molecule has 1 aromatic carbocycles. The summed E-state index contributed by atoms with van der Waals surface area (Å²) < 4.78 is 1.59. The van der Waals surface area contributed by atoms with Crippen molar-refractivity contribution in [2.75, 3.05) is 12.3 Å². The average molecular weight is 325 g/mol. The minimum atomic E-state index is 0.0756. The molecule has 0 saturated carbocycles. The van der Waals surface area contributed by atoms with Crippen LogP contribution >= 0.6 is 0 Å². The van der Waals surface area contributed by atoms with Gasteiger partial charge in [-0.2, -0.15) is 10.4 Å². The monoisotopic (exact) mass is 325 g/mol. The number of amides is 1. The number of nitrogens with two attached hydrogens (primary N) is 1. The summed E-state index contributed by atoms with van der Waals surface area (Å²) in [6, 6.07) is 11.6. The molecule has 1 aromatic heterocycles. The second kappa shape index (κ2) is 8.73. The smallest absolute Gasteiger partial charge is 0.219 e. The minimum Gasteiger partial charge on any atom is -0.382 e. The Balaban J connectivity index is 1.98. The van der Waals surface area contributed by atoms with Gasteiger partial charge in [0.2, 0.25) is 5.91 Å². The van der Waals surface area contributed by atoms with Gasteiger partial charge in [0.25, 0.3) is 0 Å². The first-order chi connectivity index (χ1) is 11.7. The zero-order valence-corrected chi connectivity index (χ0v) is 14.0. The summed E-state index contributed by atoms with van der Waals surface area (Å²) in [7, 11) is 0. The van der Waals surface area contributed by atoms with Crippen LogP contribution in [-0.4, -0.2) is 22.2 Å². The highest BCUT2D eigenvalue weighted by Gasteiger charge is 2.16. The van der Waals surface area contributed by atoms with Crippen molar-refractivity contribution < 1.29 is 4.79 Å². The SMILES string of the molecule is CCCCC(=O)NCCCc1nn(-c2ccccc2)c(N)c1C#N. The molecule has 0 radical (unpaired) electrons. The van der Waals surface area contributed by atoms with E-state index >= 15 is 0 Å². The van der Waals surface area contributed by atoms with Crippen LogP contribution in [0.5, 0.6) is 0 Å². The van der Waals surface area contributed by atoms with Crippen molar-refractivity contribution >= 4 is 11.7 Å². The van der Waals surface area contributed by atoms with Crippen LogP contribution in [0.1, 0.15) is 43.9 Å². The molecular formula is C18H23N5O. The number of anilines is 1. The Morgan fingerprint density at radius 3 is 2.75 bits per heavy atom. The lowest BCUT2D eigenvalue weighted by Crippen LogP contribution is -2.24. The number of nitrogens with zero attached hydrogens (tertiary/aromatic N) is 3. The van der Waals surface area contributed by atoms with Crippen molar-refractivity contribution in [2.24, 2.45) is 0 Å². The van der Waals surface area contributed by atoms with E-state index in [9.17, 15) is 10.1 Å². The molecule has 6 heteroatoms. The van der Waals surface area contributed by atoms with Gasteiger partial charge in [0.15, 0.2) is 0 Å². The quantitative estimate of drug-likeness (QED) is 0.729. The van der Waals surface area contributed by atoms with Crippen LogP contribution in [0.15, 0.2) is 30.3 Å². The number of nitriles is 1. The zero-order valence-electron chi connectivity index (χ0n) is 14.0. The van der Waals surface area contributed by atoms with Gasteiger partial charge < -0.3 is 11.1 Å². The van der Waals surface area contributed by atoms with Crippen molar-refractivity contribution in [3.05, 3.63) is 41.6 Å². The Hall–Kier alpha value is -2.81. The second-order valence-corrected chi connectivity index (χ2v) is 5.62. The first-order valence-electron chi connectivity index (χ1n) is 8.27. The second-order valence-electron chi connectivity index (χ2n) is 5.62.